The summed E-state index contributed by atoms with van der Waals surface area (Å²) in [7, 11) is 0. The van der Waals surface area contributed by atoms with E-state index < -0.39 is 0 Å². The third-order valence-electron chi connectivity index (χ3n) is 2.41. The summed E-state index contributed by atoms with van der Waals surface area (Å²) >= 11 is 0. The zero-order valence-corrected chi connectivity index (χ0v) is 9.17. The predicted molar refractivity (Wildman–Crippen MR) is 64.3 cm³/mol. The maximum Gasteiger partial charge on any atom is 0.144 e. The second-order valence-corrected chi connectivity index (χ2v) is 3.98. The van der Waals surface area contributed by atoms with Crippen molar-refractivity contribution in [3.8, 4) is 0 Å². The van der Waals surface area contributed by atoms with E-state index in [-0.39, 0.29) is 0 Å². The van der Waals surface area contributed by atoms with Crippen molar-refractivity contribution >= 4 is 17.9 Å². The molecule has 1 aromatic heterocycles. The monoisotopic (exact) mass is 201 g/mol. The highest BCUT2D eigenvalue weighted by molar-refractivity contribution is 5.86. The molecule has 2 heterocycles. The Hall–Kier alpha value is -1.77. The molecule has 1 aliphatic heterocycles. The normalized spacial score (nSPS) is 13.6. The van der Waals surface area contributed by atoms with E-state index in [1.54, 1.807) is 6.34 Å². The largest absolute Gasteiger partial charge is 0.346 e. The van der Waals surface area contributed by atoms with Gasteiger partial charge in [0.2, 0.25) is 0 Å². The molecule has 78 valence electrons. The van der Waals surface area contributed by atoms with Gasteiger partial charge in [-0.05, 0) is 19.4 Å². The lowest BCUT2D eigenvalue weighted by Crippen LogP contribution is -2.13. The number of aliphatic imine (C=N–C) groups is 1. The highest BCUT2D eigenvalue weighted by Gasteiger charge is 2.17. The third-order valence-corrected chi connectivity index (χ3v) is 2.41. The minimum Gasteiger partial charge on any atom is -0.346 e. The first-order valence-electron chi connectivity index (χ1n) is 4.92. The smallest absolute Gasteiger partial charge is 0.144 e. The number of aryl methyl sites for hydroxylation is 1. The maximum atomic E-state index is 4.34. The van der Waals surface area contributed by atoms with Gasteiger partial charge in [-0.1, -0.05) is 18.7 Å². The van der Waals surface area contributed by atoms with Gasteiger partial charge in [0.1, 0.15) is 5.82 Å². The average Bonchev–Trinajstić information content (AvgIpc) is 2.44. The number of allylic oxidation sites excluding steroid dienone is 1. The van der Waals surface area contributed by atoms with E-state index in [9.17, 15) is 0 Å². The first-order valence-corrected chi connectivity index (χ1v) is 4.92. The van der Waals surface area contributed by atoms with Gasteiger partial charge in [0, 0.05) is 24.0 Å². The van der Waals surface area contributed by atoms with E-state index in [0.29, 0.717) is 0 Å². The second kappa shape index (κ2) is 3.42. The van der Waals surface area contributed by atoms with Crippen LogP contribution in [0, 0.1) is 6.92 Å². The van der Waals surface area contributed by atoms with E-state index in [0.717, 1.165) is 29.2 Å². The summed E-state index contributed by atoms with van der Waals surface area (Å²) in [5, 5.41) is 3.02. The Morgan fingerprint density at radius 1 is 1.60 bits per heavy atom. The molecule has 3 nitrogen and oxygen atoms in total. The fourth-order valence-electron chi connectivity index (χ4n) is 1.85. The van der Waals surface area contributed by atoms with Crippen LogP contribution in [0.4, 0.5) is 5.82 Å². The summed E-state index contributed by atoms with van der Waals surface area (Å²) < 4.78 is 2.11. The zero-order chi connectivity index (χ0) is 11.0. The SMILES string of the molecule is C=C(C)Cn1cc(C)c2c1N=CNC2=C. The second-order valence-electron chi connectivity index (χ2n) is 3.98. The Labute approximate surface area is 89.8 Å². The third kappa shape index (κ3) is 1.61. The molecule has 3 heteroatoms. The number of hydrogen-bond acceptors (Lipinski definition) is 2. The van der Waals surface area contributed by atoms with Crippen LogP contribution in [0.3, 0.4) is 0 Å². The Kier molecular flexibility index (Phi) is 2.23. The quantitative estimate of drug-likeness (QED) is 0.732. The average molecular weight is 201 g/mol. The fourth-order valence-corrected chi connectivity index (χ4v) is 1.85. The van der Waals surface area contributed by atoms with Crippen LogP contribution in [-0.4, -0.2) is 10.9 Å². The van der Waals surface area contributed by atoms with Gasteiger partial charge in [0.25, 0.3) is 0 Å². The van der Waals surface area contributed by atoms with E-state index in [1.807, 2.05) is 6.92 Å². The van der Waals surface area contributed by atoms with Gasteiger partial charge in [0.15, 0.2) is 0 Å². The summed E-state index contributed by atoms with van der Waals surface area (Å²) in [6.07, 6.45) is 3.77. The first kappa shape index (κ1) is 9.77. The van der Waals surface area contributed by atoms with Gasteiger partial charge in [0.05, 0.1) is 6.34 Å². The van der Waals surface area contributed by atoms with Crippen LogP contribution in [0.1, 0.15) is 18.1 Å². The van der Waals surface area contributed by atoms with Crippen LogP contribution in [-0.2, 0) is 6.54 Å². The molecule has 15 heavy (non-hydrogen) atoms. The molecule has 0 fully saturated rings. The van der Waals surface area contributed by atoms with Crippen molar-refractivity contribution in [2.24, 2.45) is 4.99 Å². The van der Waals surface area contributed by atoms with Gasteiger partial charge in [-0.25, -0.2) is 4.99 Å². The molecular formula is C12H15N3. The molecule has 0 amide bonds. The van der Waals surface area contributed by atoms with Gasteiger partial charge in [-0.2, -0.15) is 0 Å². The molecule has 0 spiro atoms. The Morgan fingerprint density at radius 2 is 2.33 bits per heavy atom. The van der Waals surface area contributed by atoms with Crippen LogP contribution in [0.15, 0.2) is 29.9 Å². The van der Waals surface area contributed by atoms with Crippen molar-refractivity contribution in [3.63, 3.8) is 0 Å². The molecule has 0 aliphatic carbocycles. The lowest BCUT2D eigenvalue weighted by molar-refractivity contribution is 0.792. The number of aromatic nitrogens is 1. The number of nitrogens with one attached hydrogen (secondary N) is 1. The summed E-state index contributed by atoms with van der Waals surface area (Å²) in [5.41, 5.74) is 4.34. The Morgan fingerprint density at radius 3 is 3.00 bits per heavy atom. The minimum atomic E-state index is 0.806. The molecule has 0 atom stereocenters. The molecule has 1 aliphatic rings. The van der Waals surface area contributed by atoms with Gasteiger partial charge in [-0.15, -0.1) is 0 Å². The van der Waals surface area contributed by atoms with Crippen LogP contribution in [0.5, 0.6) is 0 Å². The predicted octanol–water partition coefficient (Wildman–Crippen LogP) is 2.61. The standard InChI is InChI=1S/C12H15N3/c1-8(2)5-15-6-9(3)11-10(4)13-7-14-12(11)15/h6-7H,1,4-5H2,2-3H3,(H,13,14). The molecule has 0 bridgehead atoms. The van der Waals surface area contributed by atoms with Crippen LogP contribution >= 0.6 is 0 Å². The van der Waals surface area contributed by atoms with Crippen LogP contribution < -0.4 is 5.32 Å². The van der Waals surface area contributed by atoms with Crippen molar-refractivity contribution in [1.29, 1.82) is 0 Å². The fraction of sp³-hybridized carbons (Fsp3) is 0.250. The first-order chi connectivity index (χ1) is 7.09. The molecule has 2 rings (SSSR count). The summed E-state index contributed by atoms with van der Waals surface area (Å²) in [6.45, 7) is 12.8. The van der Waals surface area contributed by atoms with Crippen LogP contribution in [0.2, 0.25) is 0 Å². The zero-order valence-electron chi connectivity index (χ0n) is 9.17. The van der Waals surface area contributed by atoms with Crippen molar-refractivity contribution in [2.45, 2.75) is 20.4 Å². The number of nitrogens with zero attached hydrogens (tertiary/aromatic N) is 2. The lowest BCUT2D eigenvalue weighted by Gasteiger charge is -2.13. The van der Waals surface area contributed by atoms with Gasteiger partial charge < -0.3 is 9.88 Å². The summed E-state index contributed by atoms with van der Waals surface area (Å²) in [6, 6.07) is 0. The van der Waals surface area contributed by atoms with Gasteiger partial charge in [-0.3, -0.25) is 0 Å². The molecule has 0 radical (unpaired) electrons. The summed E-state index contributed by atoms with van der Waals surface area (Å²) in [4.78, 5) is 4.34. The van der Waals surface area contributed by atoms with E-state index >= 15 is 0 Å². The van der Waals surface area contributed by atoms with E-state index in [1.165, 1.54) is 5.56 Å². The summed E-state index contributed by atoms with van der Waals surface area (Å²) in [5.74, 6) is 0.972. The maximum absolute atomic E-state index is 4.34. The molecular weight excluding hydrogens is 186 g/mol. The van der Waals surface area contributed by atoms with Gasteiger partial charge >= 0.3 is 0 Å². The number of fused-ring (bicyclic) bond motifs is 1. The number of rotatable bonds is 2. The van der Waals surface area contributed by atoms with Crippen molar-refractivity contribution in [2.75, 3.05) is 0 Å². The molecule has 0 saturated carbocycles. The Bertz CT molecular complexity index is 463. The Balaban J connectivity index is 2.52. The molecule has 0 saturated heterocycles. The molecule has 0 aromatic carbocycles. The highest BCUT2D eigenvalue weighted by Crippen LogP contribution is 2.31. The lowest BCUT2D eigenvalue weighted by atomic mass is 10.1. The minimum absolute atomic E-state index is 0.806. The van der Waals surface area contributed by atoms with Crippen molar-refractivity contribution in [3.05, 3.63) is 36.1 Å². The molecule has 1 N–H and O–H groups in total. The van der Waals surface area contributed by atoms with E-state index in [4.69, 9.17) is 0 Å². The molecule has 1 aromatic rings. The molecule has 0 unspecified atom stereocenters. The highest BCUT2D eigenvalue weighted by atomic mass is 15.1. The van der Waals surface area contributed by atoms with Crippen LogP contribution in [0.25, 0.3) is 5.70 Å². The number of hydrogen-bond donors (Lipinski definition) is 1. The van der Waals surface area contributed by atoms with Crippen molar-refractivity contribution in [1.82, 2.24) is 9.88 Å². The van der Waals surface area contributed by atoms with E-state index in [2.05, 4.69) is 41.2 Å². The topological polar surface area (TPSA) is 29.3 Å². The van der Waals surface area contributed by atoms with Crippen molar-refractivity contribution < 1.29 is 0 Å².